The second-order valence-corrected chi connectivity index (χ2v) is 4.12. The van der Waals surface area contributed by atoms with Gasteiger partial charge in [0.05, 0.1) is 0 Å². The van der Waals surface area contributed by atoms with Crippen molar-refractivity contribution in [3.63, 3.8) is 0 Å². The predicted octanol–water partition coefficient (Wildman–Crippen LogP) is 1.01. The molecule has 0 spiro atoms. The van der Waals surface area contributed by atoms with Crippen molar-refractivity contribution in [3.05, 3.63) is 0 Å². The van der Waals surface area contributed by atoms with Crippen LogP contribution in [0.2, 0.25) is 0 Å². The van der Waals surface area contributed by atoms with Gasteiger partial charge in [-0.25, -0.2) is 0 Å². The van der Waals surface area contributed by atoms with Crippen LogP contribution in [0.3, 0.4) is 0 Å². The van der Waals surface area contributed by atoms with Crippen molar-refractivity contribution in [1.29, 1.82) is 0 Å². The first-order valence-corrected chi connectivity index (χ1v) is 6.48. The lowest BCUT2D eigenvalue weighted by Crippen LogP contribution is -2.46. The fourth-order valence-corrected chi connectivity index (χ4v) is 2.81. The molecule has 0 aliphatic heterocycles. The molecule has 0 fully saturated rings. The minimum absolute atomic E-state index is 0.297. The SMILES string of the molecule is CCOC(OC)(O[SiH3])C(Cl)CCBr. The number of hydrogen-bond donors (Lipinski definition) is 0. The van der Waals surface area contributed by atoms with Gasteiger partial charge in [0.25, 0.3) is 5.97 Å². The highest BCUT2D eigenvalue weighted by Crippen LogP contribution is 2.26. The summed E-state index contributed by atoms with van der Waals surface area (Å²) in [5.41, 5.74) is 0. The average molecular weight is 292 g/mol. The summed E-state index contributed by atoms with van der Waals surface area (Å²) >= 11 is 9.41. The van der Waals surface area contributed by atoms with Gasteiger partial charge in [-0.2, -0.15) is 0 Å². The molecule has 2 atom stereocenters. The minimum atomic E-state index is -1.06. The number of alkyl halides is 2. The third kappa shape index (κ3) is 3.85. The fourth-order valence-electron chi connectivity index (χ4n) is 1.02. The van der Waals surface area contributed by atoms with E-state index in [9.17, 15) is 0 Å². The molecule has 0 saturated carbocycles. The largest absolute Gasteiger partial charge is 0.379 e. The van der Waals surface area contributed by atoms with E-state index in [0.29, 0.717) is 17.1 Å². The Labute approximate surface area is 95.7 Å². The molecule has 0 aliphatic rings. The van der Waals surface area contributed by atoms with Crippen LogP contribution in [0, 0.1) is 0 Å². The summed E-state index contributed by atoms with van der Waals surface area (Å²) in [6.45, 7) is 2.40. The van der Waals surface area contributed by atoms with E-state index in [1.807, 2.05) is 6.92 Å². The van der Waals surface area contributed by atoms with Crippen molar-refractivity contribution in [2.75, 3.05) is 19.0 Å². The first-order valence-electron chi connectivity index (χ1n) is 4.11. The molecule has 13 heavy (non-hydrogen) atoms. The summed E-state index contributed by atoms with van der Waals surface area (Å²) in [4.78, 5) is 0. The summed E-state index contributed by atoms with van der Waals surface area (Å²) in [5, 5.41) is 0.499. The first-order chi connectivity index (χ1) is 6.16. The molecule has 0 aromatic carbocycles. The average Bonchev–Trinajstić information content (AvgIpc) is 2.14. The molecule has 0 aromatic heterocycles. The Morgan fingerprint density at radius 1 is 1.62 bits per heavy atom. The highest BCUT2D eigenvalue weighted by atomic mass is 79.9. The number of rotatable bonds is 7. The van der Waals surface area contributed by atoms with E-state index < -0.39 is 5.97 Å². The van der Waals surface area contributed by atoms with Crippen LogP contribution >= 0.6 is 27.5 Å². The van der Waals surface area contributed by atoms with Crippen molar-refractivity contribution in [3.8, 4) is 0 Å². The normalized spacial score (nSPS) is 18.5. The van der Waals surface area contributed by atoms with Crippen LogP contribution < -0.4 is 0 Å². The van der Waals surface area contributed by atoms with Crippen LogP contribution in [0.5, 0.6) is 0 Å². The molecule has 6 heteroatoms. The van der Waals surface area contributed by atoms with E-state index in [1.54, 1.807) is 0 Å². The Hall–Kier alpha value is 0.867. The van der Waals surface area contributed by atoms with Crippen LogP contribution in [0.15, 0.2) is 0 Å². The van der Waals surface area contributed by atoms with Gasteiger partial charge in [-0.3, -0.25) is 0 Å². The lowest BCUT2D eigenvalue weighted by atomic mass is 10.3. The van der Waals surface area contributed by atoms with Crippen molar-refractivity contribution in [2.24, 2.45) is 0 Å². The van der Waals surface area contributed by atoms with Gasteiger partial charge in [0.15, 0.2) is 10.5 Å². The summed E-state index contributed by atoms with van der Waals surface area (Å²) in [6.07, 6.45) is 0.734. The van der Waals surface area contributed by atoms with Crippen LogP contribution in [-0.4, -0.2) is 40.9 Å². The molecule has 0 rings (SSSR count). The zero-order chi connectivity index (χ0) is 10.3. The van der Waals surface area contributed by atoms with Gasteiger partial charge in [-0.1, -0.05) is 15.9 Å². The monoisotopic (exact) mass is 290 g/mol. The second-order valence-electron chi connectivity index (χ2n) is 2.39. The van der Waals surface area contributed by atoms with Gasteiger partial charge in [-0.05, 0) is 13.3 Å². The molecule has 0 amide bonds. The summed E-state index contributed by atoms with van der Waals surface area (Å²) in [7, 11) is 2.06. The number of ether oxygens (including phenoxy) is 2. The summed E-state index contributed by atoms with van der Waals surface area (Å²) < 4.78 is 15.8. The predicted molar refractivity (Wildman–Crippen MR) is 60.4 cm³/mol. The lowest BCUT2D eigenvalue weighted by molar-refractivity contribution is -0.331. The smallest absolute Gasteiger partial charge is 0.289 e. The first kappa shape index (κ1) is 13.9. The van der Waals surface area contributed by atoms with E-state index >= 15 is 0 Å². The van der Waals surface area contributed by atoms with Crippen molar-refractivity contribution < 1.29 is 13.9 Å². The Kier molecular flexibility index (Phi) is 7.68. The Bertz CT molecular complexity index is 135. The number of hydrogen-bond acceptors (Lipinski definition) is 3. The standard InChI is InChI=1S/C7H16BrClO3Si/c1-3-11-7(10-2,12-13)6(9)4-5-8/h6H,3-5H2,1-2,13H3. The van der Waals surface area contributed by atoms with E-state index in [-0.39, 0.29) is 5.38 Å². The Morgan fingerprint density at radius 2 is 2.23 bits per heavy atom. The Balaban J connectivity index is 4.33. The highest BCUT2D eigenvalue weighted by Gasteiger charge is 2.38. The molecule has 0 N–H and O–H groups in total. The van der Waals surface area contributed by atoms with Crippen LogP contribution in [0.1, 0.15) is 13.3 Å². The molecule has 0 aliphatic carbocycles. The molecule has 0 heterocycles. The third-order valence-corrected chi connectivity index (χ3v) is 3.17. The van der Waals surface area contributed by atoms with Crippen molar-refractivity contribution in [1.82, 2.24) is 0 Å². The van der Waals surface area contributed by atoms with Gasteiger partial charge in [0, 0.05) is 19.0 Å². The second kappa shape index (κ2) is 7.20. The molecule has 0 saturated heterocycles. The molecule has 0 bridgehead atoms. The quantitative estimate of drug-likeness (QED) is 0.398. The number of methoxy groups -OCH3 is 1. The third-order valence-electron chi connectivity index (χ3n) is 1.66. The molecular formula is C7H16BrClO3Si. The molecule has 80 valence electrons. The molecule has 0 radical (unpaired) electrons. The van der Waals surface area contributed by atoms with Gasteiger partial charge in [-0.15, -0.1) is 11.6 Å². The van der Waals surface area contributed by atoms with Gasteiger partial charge in [0.1, 0.15) is 5.38 Å². The van der Waals surface area contributed by atoms with Gasteiger partial charge >= 0.3 is 0 Å². The van der Waals surface area contributed by atoms with Crippen LogP contribution in [0.25, 0.3) is 0 Å². The maximum Gasteiger partial charge on any atom is 0.289 e. The lowest BCUT2D eigenvalue weighted by Gasteiger charge is -2.34. The van der Waals surface area contributed by atoms with Gasteiger partial charge in [0.2, 0.25) is 0 Å². The molecular weight excluding hydrogens is 276 g/mol. The van der Waals surface area contributed by atoms with Crippen molar-refractivity contribution >= 4 is 38.0 Å². The highest BCUT2D eigenvalue weighted by molar-refractivity contribution is 9.09. The molecule has 0 aromatic rings. The molecule has 3 nitrogen and oxygen atoms in total. The Morgan fingerprint density at radius 3 is 2.54 bits per heavy atom. The maximum atomic E-state index is 6.10. The van der Waals surface area contributed by atoms with Gasteiger partial charge < -0.3 is 13.9 Å². The van der Waals surface area contributed by atoms with E-state index in [1.165, 1.54) is 7.11 Å². The fraction of sp³-hybridized carbons (Fsp3) is 1.00. The maximum absolute atomic E-state index is 6.10. The zero-order valence-corrected chi connectivity index (χ0v) is 12.5. The topological polar surface area (TPSA) is 27.7 Å². The molecule has 2 unspecified atom stereocenters. The number of halogens is 2. The van der Waals surface area contributed by atoms with Crippen molar-refractivity contribution in [2.45, 2.75) is 24.7 Å². The van der Waals surface area contributed by atoms with Crippen LogP contribution in [0.4, 0.5) is 0 Å². The van der Waals surface area contributed by atoms with Crippen LogP contribution in [-0.2, 0) is 13.9 Å². The minimum Gasteiger partial charge on any atom is -0.379 e. The summed E-state index contributed by atoms with van der Waals surface area (Å²) in [6, 6.07) is 0. The van der Waals surface area contributed by atoms with E-state index in [2.05, 4.69) is 15.9 Å². The van der Waals surface area contributed by atoms with E-state index in [4.69, 9.17) is 25.5 Å². The zero-order valence-electron chi connectivity index (χ0n) is 8.18. The summed E-state index contributed by atoms with van der Waals surface area (Å²) in [5.74, 6) is -1.06. The van der Waals surface area contributed by atoms with E-state index in [0.717, 1.165) is 11.8 Å².